The Morgan fingerprint density at radius 2 is 2.28 bits per heavy atom. The first-order valence-electron chi connectivity index (χ1n) is 9.80. The number of hydrogen-bond acceptors (Lipinski definition) is 5. The summed E-state index contributed by atoms with van der Waals surface area (Å²) in [6.07, 6.45) is 6.70. The molecule has 0 saturated carbocycles. The van der Waals surface area contributed by atoms with Gasteiger partial charge in [-0.3, -0.25) is 9.69 Å². The maximum atomic E-state index is 13.6. The van der Waals surface area contributed by atoms with Crippen molar-refractivity contribution in [2.24, 2.45) is 11.8 Å². The van der Waals surface area contributed by atoms with Gasteiger partial charge in [0, 0.05) is 30.9 Å². The van der Waals surface area contributed by atoms with E-state index in [1.54, 1.807) is 29.3 Å². The van der Waals surface area contributed by atoms with Crippen LogP contribution in [0.25, 0.3) is 0 Å². The number of nitriles is 1. The minimum absolute atomic E-state index is 0.0103. The van der Waals surface area contributed by atoms with Crippen LogP contribution in [0.3, 0.4) is 0 Å². The number of fused-ring (bicyclic) bond motifs is 2. The van der Waals surface area contributed by atoms with Crippen molar-refractivity contribution in [3.63, 3.8) is 0 Å². The molecule has 2 aromatic rings. The molecule has 1 aromatic heterocycles. The summed E-state index contributed by atoms with van der Waals surface area (Å²) in [6, 6.07) is 7.29. The molecule has 0 aliphatic carbocycles. The highest BCUT2D eigenvalue weighted by molar-refractivity contribution is 6.32. The number of carbonyl (C=O) groups is 1. The molecule has 0 N–H and O–H groups in total. The Kier molecular flexibility index (Phi) is 3.37. The van der Waals surface area contributed by atoms with Gasteiger partial charge in [0.15, 0.2) is 0 Å². The molecular formula is C21H19ClN4O3. The van der Waals surface area contributed by atoms with E-state index < -0.39 is 17.4 Å². The van der Waals surface area contributed by atoms with Crippen LogP contribution < -0.4 is 4.90 Å². The van der Waals surface area contributed by atoms with E-state index in [1.165, 1.54) is 0 Å². The third-order valence-corrected chi connectivity index (χ3v) is 7.56. The van der Waals surface area contributed by atoms with Crippen LogP contribution >= 0.6 is 11.6 Å². The van der Waals surface area contributed by atoms with E-state index in [1.807, 2.05) is 12.5 Å². The van der Waals surface area contributed by atoms with Crippen molar-refractivity contribution < 1.29 is 14.3 Å². The van der Waals surface area contributed by atoms with Crippen molar-refractivity contribution in [2.45, 2.75) is 43.2 Å². The van der Waals surface area contributed by atoms with Crippen LogP contribution in [0.2, 0.25) is 5.02 Å². The van der Waals surface area contributed by atoms with E-state index >= 15 is 0 Å². The summed E-state index contributed by atoms with van der Waals surface area (Å²) in [6.45, 7) is 2.57. The van der Waals surface area contributed by atoms with E-state index in [-0.39, 0.29) is 23.8 Å². The van der Waals surface area contributed by atoms with Crippen LogP contribution in [0.1, 0.15) is 31.4 Å². The Hall–Kier alpha value is -2.40. The van der Waals surface area contributed by atoms with Crippen LogP contribution in [-0.4, -0.2) is 39.5 Å². The van der Waals surface area contributed by atoms with Crippen molar-refractivity contribution in [1.82, 2.24) is 9.55 Å². The van der Waals surface area contributed by atoms with E-state index in [4.69, 9.17) is 26.3 Å². The molecule has 1 spiro atoms. The second-order valence-corrected chi connectivity index (χ2v) is 9.01. The standard InChI is InChI=1S/C21H19ClN4O3/c1-20-9-15(25-6-5-24-11-25)21(29-20)4-7-28-19-17(21)16(20)18(27)26(19)13-3-2-12(10-23)14(22)8-13/h2-3,5-6,8,11,15-17,19H,4,7,9H2,1H3/t15-,16+,17-,19-,20+,21-/m0/s1. The number of halogens is 1. The molecule has 4 saturated heterocycles. The predicted octanol–water partition coefficient (Wildman–Crippen LogP) is 2.91. The maximum absolute atomic E-state index is 13.6. The Morgan fingerprint density at radius 3 is 3.00 bits per heavy atom. The van der Waals surface area contributed by atoms with E-state index in [2.05, 4.69) is 22.5 Å². The van der Waals surface area contributed by atoms with Gasteiger partial charge >= 0.3 is 0 Å². The van der Waals surface area contributed by atoms with E-state index in [0.717, 1.165) is 12.8 Å². The molecule has 6 atom stereocenters. The number of hydrogen-bond donors (Lipinski definition) is 0. The summed E-state index contributed by atoms with van der Waals surface area (Å²) in [7, 11) is 0. The minimum Gasteiger partial charge on any atom is -0.365 e. The van der Waals surface area contributed by atoms with Gasteiger partial charge in [0.05, 0.1) is 52.6 Å². The van der Waals surface area contributed by atoms with Gasteiger partial charge in [-0.25, -0.2) is 4.98 Å². The number of amides is 1. The van der Waals surface area contributed by atoms with Gasteiger partial charge in [-0.15, -0.1) is 0 Å². The quantitative estimate of drug-likeness (QED) is 0.760. The molecule has 8 heteroatoms. The Morgan fingerprint density at radius 1 is 1.41 bits per heavy atom. The first kappa shape index (κ1) is 17.5. The Balaban J connectivity index is 1.46. The SMILES string of the molecule is C[C@@]12C[C@H](n3ccnc3)[C@]3(CCO[C@H]4[C@@H]3[C@@H]1C(=O)N4c1ccc(C#N)c(Cl)c1)O2. The van der Waals surface area contributed by atoms with Crippen LogP contribution in [0.15, 0.2) is 36.9 Å². The first-order valence-corrected chi connectivity index (χ1v) is 10.2. The number of carbonyl (C=O) groups excluding carboxylic acids is 1. The molecular weight excluding hydrogens is 392 g/mol. The van der Waals surface area contributed by atoms with Gasteiger partial charge in [-0.1, -0.05) is 11.6 Å². The molecule has 6 rings (SSSR count). The zero-order valence-corrected chi connectivity index (χ0v) is 16.5. The average molecular weight is 411 g/mol. The number of ether oxygens (including phenoxy) is 2. The summed E-state index contributed by atoms with van der Waals surface area (Å²) in [5.41, 5.74) is 0.0499. The lowest BCUT2D eigenvalue weighted by Gasteiger charge is -2.45. The predicted molar refractivity (Wildman–Crippen MR) is 103 cm³/mol. The number of imidazole rings is 1. The maximum Gasteiger partial charge on any atom is 0.235 e. The van der Waals surface area contributed by atoms with Crippen LogP contribution in [0.4, 0.5) is 5.69 Å². The second kappa shape index (κ2) is 5.60. The highest BCUT2D eigenvalue weighted by Gasteiger charge is 2.78. The zero-order chi connectivity index (χ0) is 20.0. The molecule has 4 aliphatic heterocycles. The summed E-state index contributed by atoms with van der Waals surface area (Å²) in [4.78, 5) is 19.6. The van der Waals surface area contributed by atoms with Gasteiger partial charge in [0.1, 0.15) is 12.3 Å². The number of anilines is 1. The fourth-order valence-corrected chi connectivity index (χ4v) is 6.45. The van der Waals surface area contributed by atoms with Crippen molar-refractivity contribution in [3.8, 4) is 6.07 Å². The molecule has 4 aliphatic rings. The topological polar surface area (TPSA) is 80.4 Å². The lowest BCUT2D eigenvalue weighted by atomic mass is 9.63. The molecule has 0 radical (unpaired) electrons. The van der Waals surface area contributed by atoms with Crippen molar-refractivity contribution in [1.29, 1.82) is 5.26 Å². The molecule has 2 bridgehead atoms. The van der Waals surface area contributed by atoms with E-state index in [9.17, 15) is 4.79 Å². The monoisotopic (exact) mass is 410 g/mol. The van der Waals surface area contributed by atoms with Crippen molar-refractivity contribution in [3.05, 3.63) is 47.5 Å². The lowest BCUT2D eigenvalue weighted by Crippen LogP contribution is -2.55. The Bertz CT molecular complexity index is 1070. The average Bonchev–Trinajstić information content (AvgIpc) is 3.43. The summed E-state index contributed by atoms with van der Waals surface area (Å²) >= 11 is 6.26. The Labute approximate surface area is 172 Å². The zero-order valence-electron chi connectivity index (χ0n) is 15.8. The summed E-state index contributed by atoms with van der Waals surface area (Å²) < 4.78 is 15.0. The van der Waals surface area contributed by atoms with E-state index in [0.29, 0.717) is 22.9 Å². The van der Waals surface area contributed by atoms with Gasteiger partial charge in [0.2, 0.25) is 5.91 Å². The molecule has 29 heavy (non-hydrogen) atoms. The van der Waals surface area contributed by atoms with Gasteiger partial charge in [0.25, 0.3) is 0 Å². The third kappa shape index (κ3) is 2.04. The number of aromatic nitrogens is 2. The number of nitrogens with zero attached hydrogens (tertiary/aromatic N) is 4. The molecule has 4 fully saturated rings. The van der Waals surface area contributed by atoms with Gasteiger partial charge < -0.3 is 14.0 Å². The van der Waals surface area contributed by atoms with Crippen LogP contribution in [0, 0.1) is 23.2 Å². The first-order chi connectivity index (χ1) is 14.0. The van der Waals surface area contributed by atoms with Crippen molar-refractivity contribution in [2.75, 3.05) is 11.5 Å². The smallest absolute Gasteiger partial charge is 0.235 e. The van der Waals surface area contributed by atoms with Gasteiger partial charge in [-0.2, -0.15) is 5.26 Å². The molecule has 148 valence electrons. The largest absolute Gasteiger partial charge is 0.365 e. The summed E-state index contributed by atoms with van der Waals surface area (Å²) in [5.74, 6) is -0.317. The summed E-state index contributed by atoms with van der Waals surface area (Å²) in [5, 5.41) is 9.50. The van der Waals surface area contributed by atoms with Crippen LogP contribution in [0.5, 0.6) is 0 Å². The fourth-order valence-electron chi connectivity index (χ4n) is 6.23. The lowest BCUT2D eigenvalue weighted by molar-refractivity contribution is -0.147. The second-order valence-electron chi connectivity index (χ2n) is 8.60. The molecule has 1 aromatic carbocycles. The highest BCUT2D eigenvalue weighted by atomic mass is 35.5. The van der Waals surface area contributed by atoms with Crippen LogP contribution in [-0.2, 0) is 14.3 Å². The minimum atomic E-state index is -0.548. The highest BCUT2D eigenvalue weighted by Crippen LogP contribution is 2.68. The number of rotatable bonds is 2. The molecule has 1 amide bonds. The molecule has 0 unspecified atom stereocenters. The molecule has 5 heterocycles. The fraction of sp³-hybridized carbons (Fsp3) is 0.476. The van der Waals surface area contributed by atoms with Crippen molar-refractivity contribution >= 4 is 23.2 Å². The van der Waals surface area contributed by atoms with Gasteiger partial charge in [-0.05, 0) is 25.1 Å². The number of benzene rings is 1. The molecule has 7 nitrogen and oxygen atoms in total. The third-order valence-electron chi connectivity index (χ3n) is 7.25. The normalized spacial score (nSPS) is 39.6.